The molecule has 0 heterocycles. The SMILES string of the molecule is CCOc1cccc2c1ccc1ccc(OC=O)cc12. The Hall–Kier alpha value is -2.55. The summed E-state index contributed by atoms with van der Waals surface area (Å²) in [6.07, 6.45) is 0. The van der Waals surface area contributed by atoms with Gasteiger partial charge < -0.3 is 9.47 Å². The van der Waals surface area contributed by atoms with Gasteiger partial charge in [-0.1, -0.05) is 30.3 Å². The Morgan fingerprint density at radius 3 is 2.65 bits per heavy atom. The van der Waals surface area contributed by atoms with Crippen LogP contribution in [0.1, 0.15) is 6.92 Å². The van der Waals surface area contributed by atoms with Crippen LogP contribution in [0, 0.1) is 0 Å². The van der Waals surface area contributed by atoms with Gasteiger partial charge in [0, 0.05) is 5.39 Å². The number of hydrogen-bond acceptors (Lipinski definition) is 3. The molecule has 3 rings (SSSR count). The summed E-state index contributed by atoms with van der Waals surface area (Å²) in [5.41, 5.74) is 0. The van der Waals surface area contributed by atoms with Crippen molar-refractivity contribution in [3.8, 4) is 11.5 Å². The molecule has 3 nitrogen and oxygen atoms in total. The molecule has 0 saturated carbocycles. The predicted octanol–water partition coefficient (Wildman–Crippen LogP) is 3.93. The summed E-state index contributed by atoms with van der Waals surface area (Å²) in [7, 11) is 0. The molecule has 0 spiro atoms. The van der Waals surface area contributed by atoms with Gasteiger partial charge >= 0.3 is 0 Å². The number of hydrogen-bond donors (Lipinski definition) is 0. The lowest BCUT2D eigenvalue weighted by Gasteiger charge is -2.10. The lowest BCUT2D eigenvalue weighted by atomic mass is 10.0. The van der Waals surface area contributed by atoms with E-state index in [0.29, 0.717) is 18.8 Å². The van der Waals surface area contributed by atoms with E-state index in [1.54, 1.807) is 6.07 Å². The van der Waals surface area contributed by atoms with Crippen LogP contribution in [-0.2, 0) is 4.79 Å². The van der Waals surface area contributed by atoms with Crippen molar-refractivity contribution in [1.82, 2.24) is 0 Å². The van der Waals surface area contributed by atoms with Crippen LogP contribution in [0.4, 0.5) is 0 Å². The molecular formula is C17H14O3. The maximum atomic E-state index is 10.5. The van der Waals surface area contributed by atoms with Crippen LogP contribution < -0.4 is 9.47 Å². The minimum Gasteiger partial charge on any atom is -0.493 e. The largest absolute Gasteiger partial charge is 0.493 e. The molecule has 3 aromatic rings. The summed E-state index contributed by atoms with van der Waals surface area (Å²) in [5, 5.41) is 4.29. The van der Waals surface area contributed by atoms with E-state index in [2.05, 4.69) is 6.07 Å². The molecule has 20 heavy (non-hydrogen) atoms. The molecule has 0 radical (unpaired) electrons. The predicted molar refractivity (Wildman–Crippen MR) is 79.3 cm³/mol. The molecule has 0 bridgehead atoms. The highest BCUT2D eigenvalue weighted by Gasteiger charge is 2.06. The van der Waals surface area contributed by atoms with E-state index in [9.17, 15) is 4.79 Å². The first-order chi connectivity index (χ1) is 9.83. The Bertz CT molecular complexity index is 778. The average Bonchev–Trinajstić information content (AvgIpc) is 2.48. The van der Waals surface area contributed by atoms with Gasteiger partial charge in [-0.25, -0.2) is 0 Å². The second kappa shape index (κ2) is 5.21. The first kappa shape index (κ1) is 12.5. The average molecular weight is 266 g/mol. The van der Waals surface area contributed by atoms with Crippen molar-refractivity contribution < 1.29 is 14.3 Å². The molecular weight excluding hydrogens is 252 g/mol. The second-order valence-electron chi connectivity index (χ2n) is 4.45. The first-order valence-electron chi connectivity index (χ1n) is 6.52. The fourth-order valence-corrected chi connectivity index (χ4v) is 2.45. The lowest BCUT2D eigenvalue weighted by Crippen LogP contribution is -1.92. The molecule has 0 aliphatic rings. The molecule has 0 aromatic heterocycles. The summed E-state index contributed by atoms with van der Waals surface area (Å²) in [6, 6.07) is 15.7. The zero-order valence-corrected chi connectivity index (χ0v) is 11.1. The Balaban J connectivity index is 2.30. The molecule has 0 unspecified atom stereocenters. The Morgan fingerprint density at radius 1 is 1.00 bits per heavy atom. The van der Waals surface area contributed by atoms with E-state index in [4.69, 9.17) is 9.47 Å². The fourth-order valence-electron chi connectivity index (χ4n) is 2.45. The number of carbonyl (C=O) groups is 1. The van der Waals surface area contributed by atoms with Crippen LogP contribution in [0.5, 0.6) is 11.5 Å². The molecule has 0 aliphatic carbocycles. The van der Waals surface area contributed by atoms with E-state index >= 15 is 0 Å². The van der Waals surface area contributed by atoms with Gasteiger partial charge in [-0.3, -0.25) is 4.79 Å². The minimum absolute atomic E-state index is 0.442. The second-order valence-corrected chi connectivity index (χ2v) is 4.45. The van der Waals surface area contributed by atoms with Crippen LogP contribution in [0.15, 0.2) is 48.5 Å². The molecule has 100 valence electrons. The lowest BCUT2D eigenvalue weighted by molar-refractivity contribution is -0.120. The Kier molecular flexibility index (Phi) is 3.25. The third-order valence-electron chi connectivity index (χ3n) is 3.29. The van der Waals surface area contributed by atoms with Gasteiger partial charge in [0.1, 0.15) is 11.5 Å². The highest BCUT2D eigenvalue weighted by atomic mass is 16.5. The van der Waals surface area contributed by atoms with Crippen molar-refractivity contribution in [2.45, 2.75) is 6.92 Å². The maximum Gasteiger partial charge on any atom is 0.298 e. The van der Waals surface area contributed by atoms with E-state index in [0.717, 1.165) is 27.3 Å². The molecule has 0 N–H and O–H groups in total. The van der Waals surface area contributed by atoms with Gasteiger partial charge in [-0.05, 0) is 41.3 Å². The van der Waals surface area contributed by atoms with E-state index in [-0.39, 0.29) is 0 Å². The van der Waals surface area contributed by atoms with Crippen molar-refractivity contribution in [2.24, 2.45) is 0 Å². The van der Waals surface area contributed by atoms with Gasteiger partial charge in [0.15, 0.2) is 0 Å². The van der Waals surface area contributed by atoms with Crippen LogP contribution in [0.25, 0.3) is 21.5 Å². The van der Waals surface area contributed by atoms with Gasteiger partial charge in [-0.15, -0.1) is 0 Å². The van der Waals surface area contributed by atoms with Crippen LogP contribution >= 0.6 is 0 Å². The number of benzene rings is 3. The van der Waals surface area contributed by atoms with E-state index in [1.807, 2.05) is 43.3 Å². The minimum atomic E-state index is 0.442. The first-order valence-corrected chi connectivity index (χ1v) is 6.52. The zero-order chi connectivity index (χ0) is 13.9. The van der Waals surface area contributed by atoms with Crippen LogP contribution in [0.3, 0.4) is 0 Å². The van der Waals surface area contributed by atoms with E-state index < -0.39 is 0 Å². The zero-order valence-electron chi connectivity index (χ0n) is 11.1. The topological polar surface area (TPSA) is 35.5 Å². The van der Waals surface area contributed by atoms with Crippen molar-refractivity contribution in [2.75, 3.05) is 6.61 Å². The number of fused-ring (bicyclic) bond motifs is 3. The Morgan fingerprint density at radius 2 is 1.85 bits per heavy atom. The standard InChI is InChI=1S/C17H14O3/c1-2-19-17-5-3-4-14-15(17)9-7-12-6-8-13(20-11-18)10-16(12)14/h3-11H,2H2,1H3. The van der Waals surface area contributed by atoms with E-state index in [1.165, 1.54) is 0 Å². The molecule has 0 amide bonds. The monoisotopic (exact) mass is 266 g/mol. The van der Waals surface area contributed by atoms with Gasteiger partial charge in [0.25, 0.3) is 6.47 Å². The maximum absolute atomic E-state index is 10.5. The molecule has 0 atom stereocenters. The van der Waals surface area contributed by atoms with Crippen LogP contribution in [-0.4, -0.2) is 13.1 Å². The Labute approximate surface area is 116 Å². The van der Waals surface area contributed by atoms with Crippen molar-refractivity contribution in [3.63, 3.8) is 0 Å². The third-order valence-corrected chi connectivity index (χ3v) is 3.29. The summed E-state index contributed by atoms with van der Waals surface area (Å²) in [5.74, 6) is 1.41. The normalized spacial score (nSPS) is 10.7. The smallest absolute Gasteiger partial charge is 0.298 e. The third kappa shape index (κ3) is 2.07. The molecule has 0 aliphatic heterocycles. The van der Waals surface area contributed by atoms with Crippen molar-refractivity contribution in [3.05, 3.63) is 48.5 Å². The fraction of sp³-hybridized carbons (Fsp3) is 0.118. The van der Waals surface area contributed by atoms with Crippen molar-refractivity contribution >= 4 is 28.0 Å². The van der Waals surface area contributed by atoms with Crippen LogP contribution in [0.2, 0.25) is 0 Å². The quantitative estimate of drug-likeness (QED) is 0.530. The van der Waals surface area contributed by atoms with Gasteiger partial charge in [0.2, 0.25) is 0 Å². The number of rotatable bonds is 4. The van der Waals surface area contributed by atoms with Gasteiger partial charge in [-0.2, -0.15) is 0 Å². The molecule has 0 fully saturated rings. The molecule has 0 saturated heterocycles. The summed E-state index contributed by atoms with van der Waals surface area (Å²) < 4.78 is 10.6. The summed E-state index contributed by atoms with van der Waals surface area (Å²) in [4.78, 5) is 10.5. The highest BCUT2D eigenvalue weighted by molar-refractivity contribution is 6.09. The molecule has 3 aromatic carbocycles. The van der Waals surface area contributed by atoms with Gasteiger partial charge in [0.05, 0.1) is 6.61 Å². The number of carbonyl (C=O) groups excluding carboxylic acids is 1. The summed E-state index contributed by atoms with van der Waals surface area (Å²) >= 11 is 0. The van der Waals surface area contributed by atoms with Crippen molar-refractivity contribution in [1.29, 1.82) is 0 Å². The number of ether oxygens (including phenoxy) is 2. The summed E-state index contributed by atoms with van der Waals surface area (Å²) in [6.45, 7) is 3.04. The molecule has 3 heteroatoms. The highest BCUT2D eigenvalue weighted by Crippen LogP contribution is 2.33.